The van der Waals surface area contributed by atoms with Gasteiger partial charge in [-0.15, -0.1) is 0 Å². The van der Waals surface area contributed by atoms with Crippen molar-refractivity contribution in [2.24, 2.45) is 0 Å². The summed E-state index contributed by atoms with van der Waals surface area (Å²) in [5, 5.41) is 6.26. The van der Waals surface area contributed by atoms with Gasteiger partial charge >= 0.3 is 0 Å². The molecule has 19 heavy (non-hydrogen) atoms. The van der Waals surface area contributed by atoms with E-state index in [4.69, 9.17) is 11.6 Å². The van der Waals surface area contributed by atoms with Gasteiger partial charge in [0.25, 0.3) is 0 Å². The van der Waals surface area contributed by atoms with Crippen molar-refractivity contribution < 1.29 is 4.79 Å². The summed E-state index contributed by atoms with van der Waals surface area (Å²) in [5.74, 6) is 0.453. The van der Waals surface area contributed by atoms with E-state index in [1.54, 1.807) is 0 Å². The highest BCUT2D eigenvalue weighted by molar-refractivity contribution is 6.39. The van der Waals surface area contributed by atoms with E-state index >= 15 is 0 Å². The van der Waals surface area contributed by atoms with Gasteiger partial charge in [-0.3, -0.25) is 4.79 Å². The molecule has 0 radical (unpaired) electrons. The number of carbonyl (C=O) groups excluding carboxylic acids is 1. The molecule has 3 nitrogen and oxygen atoms in total. The van der Waals surface area contributed by atoms with Crippen molar-refractivity contribution in [3.8, 4) is 0 Å². The van der Waals surface area contributed by atoms with Crippen LogP contribution in [0.2, 0.25) is 0 Å². The summed E-state index contributed by atoms with van der Waals surface area (Å²) in [6, 6.07) is 19.0. The molecule has 2 N–H and O–H groups in total. The quantitative estimate of drug-likeness (QED) is 0.642. The number of benzene rings is 2. The van der Waals surface area contributed by atoms with Gasteiger partial charge in [-0.05, 0) is 24.3 Å². The van der Waals surface area contributed by atoms with Crippen LogP contribution in [-0.2, 0) is 4.79 Å². The van der Waals surface area contributed by atoms with Gasteiger partial charge < -0.3 is 10.6 Å². The van der Waals surface area contributed by atoms with Crippen molar-refractivity contribution in [1.29, 1.82) is 0 Å². The molecule has 0 spiro atoms. The maximum atomic E-state index is 10.9. The van der Waals surface area contributed by atoms with Crippen molar-refractivity contribution in [3.05, 3.63) is 71.5 Å². The van der Waals surface area contributed by atoms with Crippen LogP contribution in [0, 0.1) is 0 Å². The lowest BCUT2D eigenvalue weighted by Crippen LogP contribution is -2.12. The van der Waals surface area contributed by atoms with Gasteiger partial charge in [0.1, 0.15) is 10.9 Å². The summed E-state index contributed by atoms with van der Waals surface area (Å²) in [6.45, 7) is 0. The molecular weight excluding hydrogens is 260 g/mol. The number of carbonyl (C=O) groups is 1. The monoisotopic (exact) mass is 272 g/mol. The van der Waals surface area contributed by atoms with E-state index in [-0.39, 0.29) is 5.03 Å². The Bertz CT molecular complexity index is 524. The second-order valence-electron chi connectivity index (χ2n) is 3.82. The number of allylic oxidation sites excluding steroid dienone is 1. The molecule has 0 unspecified atom stereocenters. The van der Waals surface area contributed by atoms with Crippen LogP contribution in [0.4, 0.5) is 11.4 Å². The van der Waals surface area contributed by atoms with Crippen LogP contribution >= 0.6 is 11.6 Å². The minimum Gasteiger partial charge on any atom is -0.340 e. The smallest absolute Gasteiger partial charge is 0.165 e. The molecule has 96 valence electrons. The zero-order valence-electron chi connectivity index (χ0n) is 10.1. The number of anilines is 2. The van der Waals surface area contributed by atoms with E-state index in [0.29, 0.717) is 12.1 Å². The Morgan fingerprint density at radius 3 is 1.63 bits per heavy atom. The first kappa shape index (κ1) is 13.2. The fraction of sp³-hybridized carbons (Fsp3) is 0. The number of hydrogen-bond acceptors (Lipinski definition) is 3. The second kappa shape index (κ2) is 6.61. The number of nitrogens with one attached hydrogen (secondary N) is 2. The summed E-state index contributed by atoms with van der Waals surface area (Å²) in [7, 11) is 0. The predicted octanol–water partition coefficient (Wildman–Crippen LogP) is 3.82. The molecule has 0 aromatic heterocycles. The van der Waals surface area contributed by atoms with Crippen LogP contribution in [0.5, 0.6) is 0 Å². The van der Waals surface area contributed by atoms with Gasteiger partial charge in [-0.1, -0.05) is 48.0 Å². The normalized spacial score (nSPS) is 9.53. The third-order valence-electron chi connectivity index (χ3n) is 2.43. The lowest BCUT2D eigenvalue weighted by atomic mass is 10.3. The van der Waals surface area contributed by atoms with E-state index < -0.39 is 0 Å². The van der Waals surface area contributed by atoms with Gasteiger partial charge in [0.15, 0.2) is 6.29 Å². The third kappa shape index (κ3) is 3.86. The Kier molecular flexibility index (Phi) is 4.59. The molecule has 0 aliphatic rings. The van der Waals surface area contributed by atoms with Gasteiger partial charge in [0.05, 0.1) is 0 Å². The largest absolute Gasteiger partial charge is 0.340 e. The predicted molar refractivity (Wildman–Crippen MR) is 79.1 cm³/mol. The minimum absolute atomic E-state index is 0.0905. The Balaban J connectivity index is 2.21. The van der Waals surface area contributed by atoms with Crippen LogP contribution in [0.1, 0.15) is 0 Å². The molecule has 2 aromatic carbocycles. The zero-order chi connectivity index (χ0) is 13.5. The van der Waals surface area contributed by atoms with Crippen LogP contribution in [0.25, 0.3) is 0 Å². The molecule has 0 aliphatic heterocycles. The van der Waals surface area contributed by atoms with Gasteiger partial charge in [-0.2, -0.15) is 0 Å². The Morgan fingerprint density at radius 2 is 1.26 bits per heavy atom. The zero-order valence-corrected chi connectivity index (χ0v) is 10.9. The first-order chi connectivity index (χ1) is 9.29. The van der Waals surface area contributed by atoms with Crippen LogP contribution < -0.4 is 10.6 Å². The number of halogens is 1. The van der Waals surface area contributed by atoms with Crippen LogP contribution in [0.3, 0.4) is 0 Å². The molecule has 2 rings (SSSR count). The average Bonchev–Trinajstić information content (AvgIpc) is 2.48. The van der Waals surface area contributed by atoms with Crippen molar-refractivity contribution in [3.63, 3.8) is 0 Å². The molecule has 0 fully saturated rings. The topological polar surface area (TPSA) is 41.1 Å². The Labute approximate surface area is 116 Å². The number of rotatable bonds is 5. The average molecular weight is 273 g/mol. The maximum absolute atomic E-state index is 10.9. The molecule has 4 heteroatoms. The fourth-order valence-corrected chi connectivity index (χ4v) is 1.64. The highest BCUT2D eigenvalue weighted by Crippen LogP contribution is 2.16. The molecule has 0 saturated heterocycles. The minimum atomic E-state index is 0.0905. The van der Waals surface area contributed by atoms with Crippen molar-refractivity contribution >= 4 is 29.3 Å². The summed E-state index contributed by atoms with van der Waals surface area (Å²) in [4.78, 5) is 10.9. The molecule has 0 bridgehead atoms. The van der Waals surface area contributed by atoms with E-state index in [1.807, 2.05) is 60.7 Å². The molecule has 0 aliphatic carbocycles. The number of hydrogen-bond donors (Lipinski definition) is 2. The summed E-state index contributed by atoms with van der Waals surface area (Å²) >= 11 is 5.92. The van der Waals surface area contributed by atoms with E-state index in [0.717, 1.165) is 11.4 Å². The lowest BCUT2D eigenvalue weighted by Gasteiger charge is -2.14. The molecule has 0 heterocycles. The molecule has 2 aromatic rings. The number of para-hydroxylation sites is 2. The SMILES string of the molecule is O=CC(Cl)=C(Nc1ccccc1)Nc1ccccc1. The molecule has 0 saturated carbocycles. The Morgan fingerprint density at radius 1 is 0.842 bits per heavy atom. The van der Waals surface area contributed by atoms with Crippen LogP contribution in [0.15, 0.2) is 71.5 Å². The second-order valence-corrected chi connectivity index (χ2v) is 4.23. The molecular formula is C15H13ClN2O. The van der Waals surface area contributed by atoms with Gasteiger partial charge in [0.2, 0.25) is 0 Å². The molecule has 0 amide bonds. The van der Waals surface area contributed by atoms with E-state index in [2.05, 4.69) is 10.6 Å². The fourth-order valence-electron chi connectivity index (χ4n) is 1.54. The highest BCUT2D eigenvalue weighted by Gasteiger charge is 2.05. The molecule has 0 atom stereocenters. The highest BCUT2D eigenvalue weighted by atomic mass is 35.5. The number of aldehydes is 1. The standard InChI is InChI=1S/C15H13ClN2O/c16-14(11-19)15(17-12-7-3-1-4-8-12)18-13-9-5-2-6-10-13/h1-11,17-18H. The van der Waals surface area contributed by atoms with Crippen molar-refractivity contribution in [2.75, 3.05) is 10.6 Å². The lowest BCUT2D eigenvalue weighted by molar-refractivity contribution is -0.104. The first-order valence-electron chi connectivity index (χ1n) is 5.78. The summed E-state index contributed by atoms with van der Waals surface area (Å²) in [6.07, 6.45) is 0.600. The maximum Gasteiger partial charge on any atom is 0.165 e. The van der Waals surface area contributed by atoms with Gasteiger partial charge in [-0.25, -0.2) is 0 Å². The van der Waals surface area contributed by atoms with Crippen LogP contribution in [-0.4, -0.2) is 6.29 Å². The summed E-state index contributed by atoms with van der Waals surface area (Å²) in [5.41, 5.74) is 1.70. The van der Waals surface area contributed by atoms with Crippen molar-refractivity contribution in [1.82, 2.24) is 0 Å². The first-order valence-corrected chi connectivity index (χ1v) is 6.16. The Hall–Kier alpha value is -2.26. The van der Waals surface area contributed by atoms with Gasteiger partial charge in [0, 0.05) is 11.4 Å². The van der Waals surface area contributed by atoms with Crippen molar-refractivity contribution in [2.45, 2.75) is 0 Å². The van der Waals surface area contributed by atoms with E-state index in [1.165, 1.54) is 0 Å². The summed E-state index contributed by atoms with van der Waals surface area (Å²) < 4.78 is 0. The third-order valence-corrected chi connectivity index (χ3v) is 2.71. The van der Waals surface area contributed by atoms with E-state index in [9.17, 15) is 4.79 Å².